The van der Waals surface area contributed by atoms with E-state index >= 15 is 0 Å². The smallest absolute Gasteiger partial charge is 0.221 e. The third-order valence-electron chi connectivity index (χ3n) is 1.01. The molecule has 53 valence electrons. The lowest BCUT2D eigenvalue weighted by Crippen LogP contribution is -1.83. The van der Waals surface area contributed by atoms with E-state index in [1.54, 1.807) is 12.1 Å². The van der Waals surface area contributed by atoms with Crippen molar-refractivity contribution in [3.05, 3.63) is 28.7 Å². The van der Waals surface area contributed by atoms with E-state index in [4.69, 9.17) is 0 Å². The molecule has 0 fully saturated rings. The zero-order valence-corrected chi connectivity index (χ0v) is 7.31. The van der Waals surface area contributed by atoms with Crippen LogP contribution in [0.5, 0.6) is 0 Å². The van der Waals surface area contributed by atoms with Crippen LogP contribution in [0, 0.1) is 0 Å². The van der Waals surface area contributed by atoms with Crippen LogP contribution in [-0.4, -0.2) is 4.21 Å². The quantitative estimate of drug-likeness (QED) is 0.712. The van der Waals surface area contributed by atoms with Crippen molar-refractivity contribution in [2.75, 3.05) is 0 Å². The first-order chi connectivity index (χ1) is 4.70. The van der Waals surface area contributed by atoms with Gasteiger partial charge in [0.05, 0.1) is 4.90 Å². The largest absolute Gasteiger partial charge is 0.221 e. The molecule has 0 saturated carbocycles. The van der Waals surface area contributed by atoms with Gasteiger partial charge >= 0.3 is 0 Å². The van der Waals surface area contributed by atoms with Gasteiger partial charge in [-0.1, -0.05) is 15.9 Å². The molecule has 1 atom stereocenters. The summed E-state index contributed by atoms with van der Waals surface area (Å²) in [5.74, 6) is 0. The first-order valence-electron chi connectivity index (χ1n) is 2.55. The number of rotatable bonds is 1. The van der Waals surface area contributed by atoms with Gasteiger partial charge in [-0.15, -0.1) is 4.55 Å². The Kier molecular flexibility index (Phi) is 2.59. The summed E-state index contributed by atoms with van der Waals surface area (Å²) in [5.41, 5.74) is 0. The van der Waals surface area contributed by atoms with Gasteiger partial charge in [-0.05, 0) is 24.3 Å². The molecule has 1 aromatic rings. The van der Waals surface area contributed by atoms with Crippen molar-refractivity contribution >= 4 is 27.0 Å². The average Bonchev–Trinajstić information content (AvgIpc) is 1.88. The molecule has 1 aromatic carbocycles. The standard InChI is InChI=1S/C6H4BrO2S/c7-5-1-3-6(4-2-5)10(8)9/h1-4H. The zero-order valence-electron chi connectivity index (χ0n) is 4.91. The van der Waals surface area contributed by atoms with Gasteiger partial charge in [-0.2, -0.15) is 0 Å². The molecule has 0 bridgehead atoms. The van der Waals surface area contributed by atoms with Gasteiger partial charge in [0.2, 0.25) is 11.1 Å². The molecule has 10 heavy (non-hydrogen) atoms. The summed E-state index contributed by atoms with van der Waals surface area (Å²) in [6, 6.07) is 6.44. The lowest BCUT2D eigenvalue weighted by atomic mass is 10.4. The van der Waals surface area contributed by atoms with Gasteiger partial charge in [0, 0.05) is 4.47 Å². The van der Waals surface area contributed by atoms with Crippen LogP contribution in [0.2, 0.25) is 0 Å². The predicted molar refractivity (Wildman–Crippen MR) is 41.2 cm³/mol. The van der Waals surface area contributed by atoms with Crippen LogP contribution in [0.15, 0.2) is 33.6 Å². The minimum absolute atomic E-state index is 0.309. The molecule has 0 heterocycles. The number of hydrogen-bond donors (Lipinski definition) is 0. The fourth-order valence-electron chi connectivity index (χ4n) is 0.546. The van der Waals surface area contributed by atoms with E-state index < -0.39 is 11.1 Å². The average molecular weight is 220 g/mol. The summed E-state index contributed by atoms with van der Waals surface area (Å²) >= 11 is 1.09. The molecule has 0 spiro atoms. The van der Waals surface area contributed by atoms with E-state index in [1.165, 1.54) is 12.1 Å². The van der Waals surface area contributed by atoms with E-state index in [-0.39, 0.29) is 0 Å². The molecule has 2 nitrogen and oxygen atoms in total. The molecular weight excluding hydrogens is 216 g/mol. The highest BCUT2D eigenvalue weighted by Crippen LogP contribution is 2.12. The fourth-order valence-corrected chi connectivity index (χ4v) is 1.17. The predicted octanol–water partition coefficient (Wildman–Crippen LogP) is 1.90. The minimum atomic E-state index is -2.11. The molecular formula is C6H4BrO2S. The highest BCUT2D eigenvalue weighted by molar-refractivity contribution is 9.10. The van der Waals surface area contributed by atoms with Crippen molar-refractivity contribution in [2.45, 2.75) is 4.90 Å². The van der Waals surface area contributed by atoms with Crippen LogP contribution in [0.3, 0.4) is 0 Å². The molecule has 0 saturated heterocycles. The van der Waals surface area contributed by atoms with E-state index in [1.807, 2.05) is 0 Å². The molecule has 1 unspecified atom stereocenters. The molecule has 0 aliphatic rings. The Balaban J connectivity index is 3.00. The summed E-state index contributed by atoms with van der Waals surface area (Å²) in [6.07, 6.45) is 0. The maximum absolute atomic E-state index is 10.3. The Morgan fingerprint density at radius 2 is 1.70 bits per heavy atom. The summed E-state index contributed by atoms with van der Waals surface area (Å²) < 4.78 is 21.5. The summed E-state index contributed by atoms with van der Waals surface area (Å²) in [5, 5.41) is 0. The number of benzene rings is 1. The van der Waals surface area contributed by atoms with Gasteiger partial charge in [0.15, 0.2) is 0 Å². The lowest BCUT2D eigenvalue weighted by molar-refractivity contribution is 0.473. The zero-order chi connectivity index (χ0) is 7.56. The van der Waals surface area contributed by atoms with Gasteiger partial charge in [0.25, 0.3) is 0 Å². The molecule has 0 aliphatic carbocycles. The van der Waals surface area contributed by atoms with Gasteiger partial charge in [-0.25, -0.2) is 4.21 Å². The van der Waals surface area contributed by atoms with Gasteiger partial charge in [-0.3, -0.25) is 0 Å². The molecule has 4 heteroatoms. The molecule has 1 radical (unpaired) electrons. The van der Waals surface area contributed by atoms with E-state index in [0.717, 1.165) is 4.47 Å². The molecule has 0 aliphatic heterocycles. The van der Waals surface area contributed by atoms with Crippen molar-refractivity contribution in [2.24, 2.45) is 0 Å². The second-order valence-electron chi connectivity index (χ2n) is 1.69. The van der Waals surface area contributed by atoms with Gasteiger partial charge < -0.3 is 0 Å². The van der Waals surface area contributed by atoms with E-state index in [9.17, 15) is 8.76 Å². The lowest BCUT2D eigenvalue weighted by Gasteiger charge is -1.90. The molecule has 0 N–H and O–H groups in total. The summed E-state index contributed by atoms with van der Waals surface area (Å²) in [6.45, 7) is 0. The summed E-state index contributed by atoms with van der Waals surface area (Å²) in [4.78, 5) is 0.309. The Labute approximate surface area is 69.7 Å². The fraction of sp³-hybridized carbons (Fsp3) is 0. The first-order valence-corrected chi connectivity index (χ1v) is 4.42. The molecule has 1 rings (SSSR count). The Morgan fingerprint density at radius 3 is 2.10 bits per heavy atom. The van der Waals surface area contributed by atoms with Crippen molar-refractivity contribution in [3.63, 3.8) is 0 Å². The van der Waals surface area contributed by atoms with Gasteiger partial charge in [0.1, 0.15) is 0 Å². The summed E-state index contributed by atoms with van der Waals surface area (Å²) in [7, 11) is 0. The van der Waals surface area contributed by atoms with Crippen molar-refractivity contribution in [3.8, 4) is 0 Å². The van der Waals surface area contributed by atoms with Crippen LogP contribution in [0.25, 0.3) is 0 Å². The SMILES string of the molecule is [O]S(=O)c1ccc(Br)cc1. The van der Waals surface area contributed by atoms with Crippen molar-refractivity contribution in [1.82, 2.24) is 0 Å². The highest BCUT2D eigenvalue weighted by atomic mass is 79.9. The van der Waals surface area contributed by atoms with Crippen molar-refractivity contribution in [1.29, 1.82) is 0 Å². The number of hydrogen-bond acceptors (Lipinski definition) is 1. The van der Waals surface area contributed by atoms with Crippen LogP contribution in [0.1, 0.15) is 0 Å². The topological polar surface area (TPSA) is 37.0 Å². The first kappa shape index (κ1) is 7.91. The van der Waals surface area contributed by atoms with Crippen LogP contribution < -0.4 is 0 Å². The Bertz CT molecular complexity index is 244. The van der Waals surface area contributed by atoms with Crippen LogP contribution >= 0.6 is 15.9 Å². The number of halogens is 1. The van der Waals surface area contributed by atoms with Crippen LogP contribution in [0.4, 0.5) is 0 Å². The van der Waals surface area contributed by atoms with E-state index in [2.05, 4.69) is 15.9 Å². The Morgan fingerprint density at radius 1 is 1.20 bits per heavy atom. The highest BCUT2D eigenvalue weighted by Gasteiger charge is 1.98. The third kappa shape index (κ3) is 1.90. The monoisotopic (exact) mass is 219 g/mol. The second-order valence-corrected chi connectivity index (χ2v) is 3.55. The van der Waals surface area contributed by atoms with Crippen molar-refractivity contribution < 1.29 is 8.76 Å². The molecule has 0 aromatic heterocycles. The Hall–Kier alpha value is -0.190. The maximum Gasteiger partial charge on any atom is 0.221 e. The molecule has 0 amide bonds. The third-order valence-corrected chi connectivity index (χ3v) is 2.19. The van der Waals surface area contributed by atoms with E-state index in [0.29, 0.717) is 4.90 Å². The normalized spacial score (nSPS) is 13.0. The van der Waals surface area contributed by atoms with Crippen LogP contribution in [-0.2, 0) is 15.6 Å². The minimum Gasteiger partial charge on any atom is -0.221 e. The maximum atomic E-state index is 10.3. The second kappa shape index (κ2) is 3.27.